The number of rotatable bonds is 5. The maximum atomic E-state index is 13.5. The largest absolute Gasteiger partial charge is 0.310 e. The molecule has 0 saturated carbocycles. The average molecular weight is 282 g/mol. The van der Waals surface area contributed by atoms with Gasteiger partial charge in [-0.2, -0.15) is 0 Å². The summed E-state index contributed by atoms with van der Waals surface area (Å²) in [6.07, 6.45) is 2.35. The number of hydrogen-bond donors (Lipinski definition) is 1. The second-order valence-corrected chi connectivity index (χ2v) is 5.68. The molecule has 0 spiro atoms. The second-order valence-electron chi connectivity index (χ2n) is 5.68. The van der Waals surface area contributed by atoms with Gasteiger partial charge in [0.2, 0.25) is 0 Å². The second kappa shape index (κ2) is 7.14. The fourth-order valence-corrected chi connectivity index (χ4v) is 2.89. The van der Waals surface area contributed by atoms with Crippen LogP contribution in [0, 0.1) is 17.6 Å². The molecule has 4 heteroatoms. The van der Waals surface area contributed by atoms with Gasteiger partial charge in [-0.05, 0) is 63.5 Å². The van der Waals surface area contributed by atoms with Crippen LogP contribution in [0.3, 0.4) is 0 Å². The fourth-order valence-electron chi connectivity index (χ4n) is 2.89. The van der Waals surface area contributed by atoms with Crippen LogP contribution in [0.25, 0.3) is 0 Å². The molecule has 0 radical (unpaired) electrons. The highest BCUT2D eigenvalue weighted by Crippen LogP contribution is 2.21. The Labute approximate surface area is 120 Å². The van der Waals surface area contributed by atoms with Gasteiger partial charge >= 0.3 is 0 Å². The Balaban J connectivity index is 1.83. The van der Waals surface area contributed by atoms with Crippen LogP contribution in [-0.2, 0) is 6.54 Å². The highest BCUT2D eigenvalue weighted by Gasteiger charge is 2.22. The minimum Gasteiger partial charge on any atom is -0.310 e. The Morgan fingerprint density at radius 1 is 1.30 bits per heavy atom. The number of piperidine rings is 1. The first kappa shape index (κ1) is 15.4. The van der Waals surface area contributed by atoms with E-state index in [0.717, 1.165) is 25.7 Å². The van der Waals surface area contributed by atoms with E-state index in [1.54, 1.807) is 0 Å². The zero-order valence-electron chi connectivity index (χ0n) is 12.3. The van der Waals surface area contributed by atoms with E-state index in [1.165, 1.54) is 25.0 Å². The van der Waals surface area contributed by atoms with Crippen LogP contribution in [0.4, 0.5) is 8.78 Å². The number of halogens is 2. The van der Waals surface area contributed by atoms with Crippen LogP contribution in [0.5, 0.6) is 0 Å². The van der Waals surface area contributed by atoms with Crippen molar-refractivity contribution in [1.82, 2.24) is 10.2 Å². The van der Waals surface area contributed by atoms with E-state index in [-0.39, 0.29) is 11.6 Å². The molecule has 1 aliphatic rings. The lowest BCUT2D eigenvalue weighted by atomic mass is 9.90. The van der Waals surface area contributed by atoms with E-state index in [1.807, 2.05) is 0 Å². The topological polar surface area (TPSA) is 15.3 Å². The maximum Gasteiger partial charge on any atom is 0.127 e. The summed E-state index contributed by atoms with van der Waals surface area (Å²) in [5.74, 6) is -0.103. The molecule has 1 aromatic carbocycles. The lowest BCUT2D eigenvalue weighted by molar-refractivity contribution is 0.168. The van der Waals surface area contributed by atoms with Crippen LogP contribution >= 0.6 is 0 Å². The molecule has 112 valence electrons. The molecule has 1 aromatic rings. The normalized spacial score (nSPS) is 19.2. The molecular formula is C16H24F2N2. The van der Waals surface area contributed by atoms with Crippen molar-refractivity contribution < 1.29 is 8.78 Å². The maximum absolute atomic E-state index is 13.5. The summed E-state index contributed by atoms with van der Waals surface area (Å²) in [5, 5.41) is 3.34. The lowest BCUT2D eigenvalue weighted by Crippen LogP contribution is -2.41. The van der Waals surface area contributed by atoms with Crippen LogP contribution in [0.1, 0.15) is 32.3 Å². The highest BCUT2D eigenvalue weighted by atomic mass is 19.1. The predicted octanol–water partition coefficient (Wildman–Crippen LogP) is 3.17. The first-order valence-electron chi connectivity index (χ1n) is 7.49. The fraction of sp³-hybridized carbons (Fsp3) is 0.625. The molecule has 1 aliphatic heterocycles. The van der Waals surface area contributed by atoms with Gasteiger partial charge in [0.05, 0.1) is 0 Å². The number of nitrogens with one attached hydrogen (secondary N) is 1. The first-order chi connectivity index (χ1) is 9.60. The molecule has 1 fully saturated rings. The van der Waals surface area contributed by atoms with Gasteiger partial charge in [0.1, 0.15) is 11.6 Å². The Morgan fingerprint density at radius 3 is 2.65 bits per heavy atom. The van der Waals surface area contributed by atoms with E-state index in [4.69, 9.17) is 0 Å². The van der Waals surface area contributed by atoms with Crippen LogP contribution in [0.15, 0.2) is 18.2 Å². The van der Waals surface area contributed by atoms with Crippen molar-refractivity contribution >= 4 is 0 Å². The lowest BCUT2D eigenvalue weighted by Gasteiger charge is -2.34. The minimum atomic E-state index is -0.382. The molecule has 1 atom stereocenters. The summed E-state index contributed by atoms with van der Waals surface area (Å²) >= 11 is 0. The summed E-state index contributed by atoms with van der Waals surface area (Å²) in [6, 6.07) is 3.95. The third-order valence-corrected chi connectivity index (χ3v) is 4.41. The Kier molecular flexibility index (Phi) is 5.49. The SMILES string of the molecule is CCN1CCC(C(C)NCc2cc(F)ccc2F)CC1. The van der Waals surface area contributed by atoms with Gasteiger partial charge in [-0.3, -0.25) is 0 Å². The molecular weight excluding hydrogens is 258 g/mol. The number of benzene rings is 1. The predicted molar refractivity (Wildman–Crippen MR) is 77.5 cm³/mol. The summed E-state index contributed by atoms with van der Waals surface area (Å²) in [4.78, 5) is 2.45. The molecule has 2 nitrogen and oxygen atoms in total. The molecule has 0 aromatic heterocycles. The van der Waals surface area contributed by atoms with E-state index < -0.39 is 0 Å². The zero-order chi connectivity index (χ0) is 14.5. The van der Waals surface area contributed by atoms with Crippen molar-refractivity contribution in [2.24, 2.45) is 5.92 Å². The van der Waals surface area contributed by atoms with Crippen molar-refractivity contribution in [3.63, 3.8) is 0 Å². The number of likely N-dealkylation sites (tertiary alicyclic amines) is 1. The van der Waals surface area contributed by atoms with Crippen LogP contribution in [0.2, 0.25) is 0 Å². The van der Waals surface area contributed by atoms with Crippen molar-refractivity contribution in [2.75, 3.05) is 19.6 Å². The summed E-state index contributed by atoms with van der Waals surface area (Å²) < 4.78 is 26.7. The zero-order valence-corrected chi connectivity index (χ0v) is 12.3. The number of nitrogens with zero attached hydrogens (tertiary/aromatic N) is 1. The van der Waals surface area contributed by atoms with E-state index in [0.29, 0.717) is 24.1 Å². The van der Waals surface area contributed by atoms with Gasteiger partial charge in [-0.1, -0.05) is 6.92 Å². The molecule has 20 heavy (non-hydrogen) atoms. The van der Waals surface area contributed by atoms with Gasteiger partial charge in [-0.25, -0.2) is 8.78 Å². The van der Waals surface area contributed by atoms with Crippen LogP contribution < -0.4 is 5.32 Å². The van der Waals surface area contributed by atoms with Crippen molar-refractivity contribution in [3.8, 4) is 0 Å². The standard InChI is InChI=1S/C16H24F2N2/c1-3-20-8-6-13(7-9-20)12(2)19-11-14-10-15(17)4-5-16(14)18/h4-5,10,12-13,19H,3,6-9,11H2,1-2H3. The monoisotopic (exact) mass is 282 g/mol. The number of hydrogen-bond acceptors (Lipinski definition) is 2. The van der Waals surface area contributed by atoms with E-state index in [2.05, 4.69) is 24.1 Å². The van der Waals surface area contributed by atoms with Gasteiger partial charge < -0.3 is 10.2 Å². The van der Waals surface area contributed by atoms with Crippen molar-refractivity contribution in [3.05, 3.63) is 35.4 Å². The summed E-state index contributed by atoms with van der Waals surface area (Å²) in [6.45, 7) is 8.11. The molecule has 1 N–H and O–H groups in total. The highest BCUT2D eigenvalue weighted by molar-refractivity contribution is 5.18. The van der Waals surface area contributed by atoms with Gasteiger partial charge in [0.15, 0.2) is 0 Å². The van der Waals surface area contributed by atoms with E-state index >= 15 is 0 Å². The quantitative estimate of drug-likeness (QED) is 0.892. The molecule has 1 heterocycles. The average Bonchev–Trinajstić information content (AvgIpc) is 2.48. The third-order valence-electron chi connectivity index (χ3n) is 4.41. The third kappa shape index (κ3) is 4.00. The molecule has 0 amide bonds. The Bertz CT molecular complexity index is 428. The van der Waals surface area contributed by atoms with Crippen LogP contribution in [-0.4, -0.2) is 30.6 Å². The van der Waals surface area contributed by atoms with Crippen molar-refractivity contribution in [2.45, 2.75) is 39.3 Å². The van der Waals surface area contributed by atoms with Gasteiger partial charge in [0.25, 0.3) is 0 Å². The summed E-state index contributed by atoms with van der Waals surface area (Å²) in [7, 11) is 0. The Morgan fingerprint density at radius 2 is 2.00 bits per heavy atom. The molecule has 0 aliphatic carbocycles. The van der Waals surface area contributed by atoms with Crippen molar-refractivity contribution in [1.29, 1.82) is 0 Å². The minimum absolute atomic E-state index is 0.330. The first-order valence-corrected chi connectivity index (χ1v) is 7.49. The van der Waals surface area contributed by atoms with Gasteiger partial charge in [-0.15, -0.1) is 0 Å². The summed E-state index contributed by atoms with van der Waals surface area (Å²) in [5.41, 5.74) is 0.405. The Hall–Kier alpha value is -1.00. The molecule has 1 unspecified atom stereocenters. The van der Waals surface area contributed by atoms with E-state index in [9.17, 15) is 8.78 Å². The molecule has 1 saturated heterocycles. The molecule has 0 bridgehead atoms. The van der Waals surface area contributed by atoms with Gasteiger partial charge in [0, 0.05) is 18.2 Å². The smallest absolute Gasteiger partial charge is 0.127 e. The molecule has 2 rings (SSSR count).